The van der Waals surface area contributed by atoms with Crippen LogP contribution in [0, 0.1) is 0 Å². The molecule has 1 unspecified atom stereocenters. The number of aliphatic hydroxyl groups is 1. The first-order valence-electron chi connectivity index (χ1n) is 6.79. The molecule has 1 heterocycles. The van der Waals surface area contributed by atoms with E-state index in [1.165, 1.54) is 6.04 Å². The Bertz CT molecular complexity index is 267. The maximum absolute atomic E-state index is 9.05. The molecule has 0 saturated carbocycles. The van der Waals surface area contributed by atoms with E-state index in [1.807, 2.05) is 0 Å². The van der Waals surface area contributed by atoms with Crippen LogP contribution in [0.1, 0.15) is 19.8 Å². The zero-order valence-corrected chi connectivity index (χ0v) is 15.7. The van der Waals surface area contributed by atoms with Gasteiger partial charge in [0, 0.05) is 14.2 Å². The van der Waals surface area contributed by atoms with Crippen LogP contribution in [0.3, 0.4) is 0 Å². The van der Waals surface area contributed by atoms with Crippen LogP contribution in [-0.2, 0) is 4.43 Å². The zero-order valence-electron chi connectivity index (χ0n) is 12.7. The molecule has 17 heavy (non-hydrogen) atoms. The first-order valence-corrected chi connectivity index (χ1v) is 17.9. The highest BCUT2D eigenvalue weighted by atomic mass is 29.6. The van der Waals surface area contributed by atoms with Gasteiger partial charge >= 0.3 is 0 Å². The predicted octanol–water partition coefficient (Wildman–Crippen LogP) is 3.33. The van der Waals surface area contributed by atoms with Crippen molar-refractivity contribution in [1.82, 2.24) is 0 Å². The topological polar surface area (TPSA) is 29.5 Å². The Hall–Kier alpha value is 0.571. The third-order valence-corrected chi connectivity index (χ3v) is 45.9. The lowest BCUT2D eigenvalue weighted by Gasteiger charge is -2.58. The van der Waals surface area contributed by atoms with E-state index < -0.39 is 22.5 Å². The molecule has 1 rings (SSSR count). The Balaban J connectivity index is 2.99. The molecular weight excluding hydrogens is 260 g/mol. The Morgan fingerprint density at radius 1 is 1.12 bits per heavy atom. The summed E-state index contributed by atoms with van der Waals surface area (Å²) in [4.78, 5) is 0. The largest absolute Gasteiger partial charge is 0.415 e. The molecule has 2 nitrogen and oxygen atoms in total. The third-order valence-electron chi connectivity index (χ3n) is 5.38. The van der Waals surface area contributed by atoms with Gasteiger partial charge in [-0.1, -0.05) is 26.2 Å². The summed E-state index contributed by atoms with van der Waals surface area (Å²) in [6.07, 6.45) is 1.91. The van der Waals surface area contributed by atoms with Gasteiger partial charge in [-0.2, -0.15) is 0 Å². The SMILES string of the molecule is CC1(CCCO)C[Si](C)(C)[Si](C)(C)[Si](C)(C)O1. The van der Waals surface area contributed by atoms with Gasteiger partial charge in [-0.05, 0) is 38.9 Å². The van der Waals surface area contributed by atoms with Gasteiger partial charge in [0.1, 0.15) is 0 Å². The van der Waals surface area contributed by atoms with Crippen LogP contribution in [-0.4, -0.2) is 39.8 Å². The standard InChI is InChI=1S/C12H30O2Si3/c1-12(9-8-10-13)11-15(2,3)17(6,7)16(4,5)14-12/h13H,8-11H2,1-7H3. The molecule has 0 bridgehead atoms. The van der Waals surface area contributed by atoms with Gasteiger partial charge in [0.25, 0.3) is 0 Å². The normalized spacial score (nSPS) is 34.6. The molecule has 0 aromatic rings. The lowest BCUT2D eigenvalue weighted by atomic mass is 10.0. The van der Waals surface area contributed by atoms with Crippen LogP contribution in [0.2, 0.25) is 45.3 Å². The van der Waals surface area contributed by atoms with Crippen molar-refractivity contribution in [2.75, 3.05) is 6.61 Å². The molecule has 1 N–H and O–H groups in total. The van der Waals surface area contributed by atoms with E-state index >= 15 is 0 Å². The molecule has 1 aliphatic heterocycles. The minimum Gasteiger partial charge on any atom is -0.415 e. The van der Waals surface area contributed by atoms with Crippen LogP contribution < -0.4 is 0 Å². The summed E-state index contributed by atoms with van der Waals surface area (Å²) in [6.45, 7) is 17.7. The molecule has 0 aromatic heterocycles. The second kappa shape index (κ2) is 4.59. The van der Waals surface area contributed by atoms with Crippen molar-refractivity contribution in [2.24, 2.45) is 0 Å². The highest BCUT2D eigenvalue weighted by Crippen LogP contribution is 2.45. The molecule has 0 aromatic carbocycles. The molecule has 0 spiro atoms. The molecule has 5 heteroatoms. The van der Waals surface area contributed by atoms with E-state index in [0.717, 1.165) is 12.8 Å². The van der Waals surface area contributed by atoms with Crippen molar-refractivity contribution in [1.29, 1.82) is 0 Å². The summed E-state index contributed by atoms with van der Waals surface area (Å²) >= 11 is 0. The summed E-state index contributed by atoms with van der Waals surface area (Å²) in [5.41, 5.74) is 0.0523. The first-order chi connectivity index (χ1) is 7.47. The molecule has 0 amide bonds. The van der Waals surface area contributed by atoms with E-state index in [1.54, 1.807) is 0 Å². The Morgan fingerprint density at radius 2 is 1.65 bits per heavy atom. The van der Waals surface area contributed by atoms with Crippen LogP contribution in [0.15, 0.2) is 0 Å². The molecular formula is C12H30O2Si3. The highest BCUT2D eigenvalue weighted by molar-refractivity contribution is 7.67. The summed E-state index contributed by atoms with van der Waals surface area (Å²) < 4.78 is 6.64. The van der Waals surface area contributed by atoms with E-state index in [4.69, 9.17) is 9.53 Å². The van der Waals surface area contributed by atoms with Crippen molar-refractivity contribution in [2.45, 2.75) is 70.7 Å². The second-order valence-corrected chi connectivity index (χ2v) is 34.8. The minimum atomic E-state index is -1.52. The maximum atomic E-state index is 9.05. The fraction of sp³-hybridized carbons (Fsp3) is 1.00. The minimum absolute atomic E-state index is 0.0523. The first kappa shape index (κ1) is 15.6. The third kappa shape index (κ3) is 2.78. The quantitative estimate of drug-likeness (QED) is 0.808. The van der Waals surface area contributed by atoms with Crippen LogP contribution >= 0.6 is 0 Å². The molecule has 1 saturated heterocycles. The van der Waals surface area contributed by atoms with Gasteiger partial charge in [-0.15, -0.1) is 0 Å². The van der Waals surface area contributed by atoms with Gasteiger partial charge in [0.15, 0.2) is 7.83 Å². The predicted molar refractivity (Wildman–Crippen MR) is 83.1 cm³/mol. The van der Waals surface area contributed by atoms with E-state index in [-0.39, 0.29) is 5.60 Å². The molecule has 1 fully saturated rings. The van der Waals surface area contributed by atoms with Crippen molar-refractivity contribution in [3.8, 4) is 0 Å². The lowest BCUT2D eigenvalue weighted by molar-refractivity contribution is 0.0816. The zero-order chi connectivity index (χ0) is 13.5. The number of hydrogen-bond acceptors (Lipinski definition) is 2. The van der Waals surface area contributed by atoms with E-state index in [9.17, 15) is 0 Å². The van der Waals surface area contributed by atoms with Crippen LogP contribution in [0.5, 0.6) is 0 Å². The average Bonchev–Trinajstić information content (AvgIpc) is 2.10. The summed E-state index contributed by atoms with van der Waals surface area (Å²) in [5, 5.41) is 9.05. The summed E-state index contributed by atoms with van der Waals surface area (Å²) in [5.74, 6) is 0. The van der Waals surface area contributed by atoms with Gasteiger partial charge in [0.2, 0.25) is 0 Å². The molecule has 1 atom stereocenters. The number of hydrogen-bond donors (Lipinski definition) is 1. The van der Waals surface area contributed by atoms with Gasteiger partial charge in [-0.3, -0.25) is 0 Å². The Kier molecular flexibility index (Phi) is 4.22. The van der Waals surface area contributed by atoms with Gasteiger partial charge in [-0.25, -0.2) is 0 Å². The number of rotatable bonds is 3. The van der Waals surface area contributed by atoms with Gasteiger partial charge in [0.05, 0.1) is 12.7 Å². The van der Waals surface area contributed by atoms with Crippen molar-refractivity contribution >= 4 is 22.5 Å². The number of aliphatic hydroxyl groups excluding tert-OH is 1. The van der Waals surface area contributed by atoms with Crippen molar-refractivity contribution < 1.29 is 9.53 Å². The smallest absolute Gasteiger partial charge is 0.172 e. The fourth-order valence-electron chi connectivity index (χ4n) is 3.34. The van der Waals surface area contributed by atoms with Crippen molar-refractivity contribution in [3.63, 3.8) is 0 Å². The van der Waals surface area contributed by atoms with E-state index in [0.29, 0.717) is 6.61 Å². The maximum Gasteiger partial charge on any atom is 0.172 e. The van der Waals surface area contributed by atoms with E-state index in [2.05, 4.69) is 46.2 Å². The lowest BCUT2D eigenvalue weighted by Crippen LogP contribution is -2.78. The average molecular weight is 291 g/mol. The molecule has 1 aliphatic rings. The molecule has 102 valence electrons. The Morgan fingerprint density at radius 3 is 2.06 bits per heavy atom. The Labute approximate surface area is 109 Å². The van der Waals surface area contributed by atoms with Crippen LogP contribution in [0.25, 0.3) is 0 Å². The van der Waals surface area contributed by atoms with Crippen LogP contribution in [0.4, 0.5) is 0 Å². The second-order valence-electron chi connectivity index (χ2n) is 7.58. The molecule has 0 radical (unpaired) electrons. The fourth-order valence-corrected chi connectivity index (χ4v) is 34.1. The van der Waals surface area contributed by atoms with Crippen molar-refractivity contribution in [3.05, 3.63) is 0 Å². The summed E-state index contributed by atoms with van der Waals surface area (Å²) in [7, 11) is -3.85. The highest BCUT2D eigenvalue weighted by Gasteiger charge is 2.61. The monoisotopic (exact) mass is 290 g/mol. The molecule has 0 aliphatic carbocycles. The summed E-state index contributed by atoms with van der Waals surface area (Å²) in [6, 6.07) is 1.29. The van der Waals surface area contributed by atoms with Gasteiger partial charge < -0.3 is 9.53 Å².